The zero-order valence-electron chi connectivity index (χ0n) is 16.9. The number of ether oxygens (including phenoxy) is 1. The van der Waals surface area contributed by atoms with Crippen molar-refractivity contribution in [2.45, 2.75) is 36.3 Å². The molecule has 148 valence electrons. The molecule has 0 saturated carbocycles. The van der Waals surface area contributed by atoms with Crippen molar-refractivity contribution in [2.24, 2.45) is 0 Å². The number of likely N-dealkylation sites (N-methyl/N-ethyl adjacent to an activating group) is 1. The summed E-state index contributed by atoms with van der Waals surface area (Å²) in [6, 6.07) is 15.5. The Labute approximate surface area is 167 Å². The van der Waals surface area contributed by atoms with Crippen molar-refractivity contribution in [3.05, 3.63) is 65.9 Å². The summed E-state index contributed by atoms with van der Waals surface area (Å²) in [7, 11) is 1.73. The van der Waals surface area contributed by atoms with Gasteiger partial charge in [-0.15, -0.1) is 0 Å². The number of nitrogens with zero attached hydrogens (tertiary/aromatic N) is 2. The quantitative estimate of drug-likeness (QED) is 0.789. The fourth-order valence-corrected chi connectivity index (χ4v) is 5.32. The minimum Gasteiger partial charge on any atom is -0.474 e. The van der Waals surface area contributed by atoms with E-state index in [4.69, 9.17) is 4.74 Å². The third kappa shape index (κ3) is 2.44. The zero-order valence-corrected chi connectivity index (χ0v) is 17.7. The van der Waals surface area contributed by atoms with E-state index >= 15 is 0 Å². The highest BCUT2D eigenvalue weighted by atomic mass is 32.2. The van der Waals surface area contributed by atoms with Crippen molar-refractivity contribution in [1.29, 1.82) is 0 Å². The number of benzene rings is 2. The summed E-state index contributed by atoms with van der Waals surface area (Å²) >= 11 is 0. The molecule has 0 radical (unpaired) electrons. The van der Waals surface area contributed by atoms with E-state index in [-0.39, 0.29) is 5.41 Å². The van der Waals surface area contributed by atoms with Gasteiger partial charge in [0, 0.05) is 33.3 Å². The van der Waals surface area contributed by atoms with Crippen LogP contribution >= 0.6 is 0 Å². The van der Waals surface area contributed by atoms with Gasteiger partial charge in [0.1, 0.15) is 0 Å². The van der Waals surface area contributed by atoms with Crippen LogP contribution < -0.4 is 4.90 Å². The summed E-state index contributed by atoms with van der Waals surface area (Å²) in [5.74, 6) is 0. The van der Waals surface area contributed by atoms with Gasteiger partial charge >= 0.3 is 0 Å². The van der Waals surface area contributed by atoms with Gasteiger partial charge in [-0.3, -0.25) is 0 Å². The molecular formula is C22H26N2O3S. The largest absolute Gasteiger partial charge is 0.474 e. The topological polar surface area (TPSA) is 49.9 Å². The monoisotopic (exact) mass is 398 g/mol. The molecule has 2 aromatic carbocycles. The first-order valence-corrected chi connectivity index (χ1v) is 10.8. The molecule has 0 unspecified atom stereocenters. The lowest BCUT2D eigenvalue weighted by Gasteiger charge is -2.42. The van der Waals surface area contributed by atoms with Crippen molar-refractivity contribution in [1.82, 2.24) is 4.31 Å². The highest BCUT2D eigenvalue weighted by Gasteiger charge is 2.59. The minimum absolute atomic E-state index is 0.190. The molecule has 1 atom stereocenters. The molecular weight excluding hydrogens is 372 g/mol. The Bertz CT molecular complexity index is 1060. The van der Waals surface area contributed by atoms with Gasteiger partial charge in [0.15, 0.2) is 5.72 Å². The van der Waals surface area contributed by atoms with Gasteiger partial charge in [0.25, 0.3) is 0 Å². The smallest absolute Gasteiger partial charge is 0.242 e. The van der Waals surface area contributed by atoms with Gasteiger partial charge in [-0.05, 0) is 48.7 Å². The first-order chi connectivity index (χ1) is 13.1. The van der Waals surface area contributed by atoms with E-state index in [2.05, 4.69) is 50.1 Å². The third-order valence-corrected chi connectivity index (χ3v) is 8.12. The lowest BCUT2D eigenvalue weighted by atomic mass is 9.75. The molecule has 0 amide bonds. The lowest BCUT2D eigenvalue weighted by molar-refractivity contribution is -0.00656. The molecule has 2 aromatic rings. The molecule has 2 heterocycles. The maximum Gasteiger partial charge on any atom is 0.242 e. The highest BCUT2D eigenvalue weighted by molar-refractivity contribution is 7.89. The molecule has 6 heteroatoms. The van der Waals surface area contributed by atoms with Crippen LogP contribution in [0.3, 0.4) is 0 Å². The second-order valence-corrected chi connectivity index (χ2v) is 10.4. The Morgan fingerprint density at radius 2 is 1.68 bits per heavy atom. The molecule has 28 heavy (non-hydrogen) atoms. The van der Waals surface area contributed by atoms with Crippen LogP contribution in [-0.4, -0.2) is 39.6 Å². The van der Waals surface area contributed by atoms with Crippen LogP contribution in [0.5, 0.6) is 0 Å². The first kappa shape index (κ1) is 19.0. The summed E-state index contributed by atoms with van der Waals surface area (Å²) < 4.78 is 32.2. The van der Waals surface area contributed by atoms with Crippen LogP contribution in [0.2, 0.25) is 0 Å². The van der Waals surface area contributed by atoms with Gasteiger partial charge in [0.05, 0.1) is 16.6 Å². The van der Waals surface area contributed by atoms with Crippen LogP contribution in [0, 0.1) is 0 Å². The van der Waals surface area contributed by atoms with E-state index in [1.54, 1.807) is 12.1 Å². The average Bonchev–Trinajstić information content (AvgIpc) is 3.20. The van der Waals surface area contributed by atoms with E-state index in [9.17, 15) is 8.42 Å². The Morgan fingerprint density at radius 1 is 1.04 bits per heavy atom. The molecule has 4 rings (SSSR count). The summed E-state index contributed by atoms with van der Waals surface area (Å²) in [6.45, 7) is 4.44. The van der Waals surface area contributed by atoms with Crippen LogP contribution in [0.1, 0.15) is 31.4 Å². The summed E-state index contributed by atoms with van der Waals surface area (Å²) in [5.41, 5.74) is 3.84. The Balaban J connectivity index is 1.65. The van der Waals surface area contributed by atoms with Crippen molar-refractivity contribution in [2.75, 3.05) is 26.0 Å². The van der Waals surface area contributed by atoms with Gasteiger partial charge in [0.2, 0.25) is 10.0 Å². The highest BCUT2D eigenvalue weighted by Crippen LogP contribution is 2.57. The summed E-state index contributed by atoms with van der Waals surface area (Å²) in [5, 5.41) is 0. The molecule has 0 fully saturated rings. The minimum atomic E-state index is -3.43. The molecule has 2 aliphatic heterocycles. The maximum absolute atomic E-state index is 12.3. The van der Waals surface area contributed by atoms with Crippen molar-refractivity contribution in [3.8, 4) is 0 Å². The Hall–Kier alpha value is -2.31. The van der Waals surface area contributed by atoms with E-state index in [1.165, 1.54) is 29.7 Å². The molecule has 2 aliphatic rings. The summed E-state index contributed by atoms with van der Waals surface area (Å²) in [6.07, 6.45) is 2.56. The molecule has 5 nitrogen and oxygen atoms in total. The number of rotatable bonds is 3. The van der Waals surface area contributed by atoms with E-state index < -0.39 is 15.7 Å². The zero-order chi connectivity index (χ0) is 20.3. The van der Waals surface area contributed by atoms with E-state index in [0.29, 0.717) is 4.90 Å². The first-order valence-electron chi connectivity index (χ1n) is 9.34. The van der Waals surface area contributed by atoms with E-state index in [1.807, 2.05) is 18.4 Å². The predicted octanol–water partition coefficient (Wildman–Crippen LogP) is 3.82. The molecule has 0 N–H and O–H groups in total. The molecule has 0 bridgehead atoms. The van der Waals surface area contributed by atoms with Crippen molar-refractivity contribution < 1.29 is 13.2 Å². The van der Waals surface area contributed by atoms with Crippen LogP contribution in [0.25, 0.3) is 5.57 Å². The van der Waals surface area contributed by atoms with Crippen molar-refractivity contribution in [3.63, 3.8) is 0 Å². The SMILES string of the molecule is CN1c2ccccc2C(C)(C)[C@@]12CC(c1ccc(S(=O)(=O)N(C)C)cc1)=CO2. The van der Waals surface area contributed by atoms with Crippen LogP contribution in [0.15, 0.2) is 59.7 Å². The lowest BCUT2D eigenvalue weighted by Crippen LogP contribution is -2.54. The number of anilines is 1. The molecule has 0 aliphatic carbocycles. The van der Waals surface area contributed by atoms with Crippen LogP contribution in [-0.2, 0) is 20.2 Å². The fraction of sp³-hybridized carbons (Fsp3) is 0.364. The van der Waals surface area contributed by atoms with Gasteiger partial charge < -0.3 is 9.64 Å². The molecule has 0 saturated heterocycles. The maximum atomic E-state index is 12.3. The Morgan fingerprint density at radius 3 is 2.29 bits per heavy atom. The van der Waals surface area contributed by atoms with E-state index in [0.717, 1.165) is 17.6 Å². The normalized spacial score (nSPS) is 23.1. The second kappa shape index (κ2) is 6.09. The molecule has 1 spiro atoms. The average molecular weight is 399 g/mol. The van der Waals surface area contributed by atoms with Crippen molar-refractivity contribution >= 4 is 21.3 Å². The number of sulfonamides is 1. The number of para-hydroxylation sites is 1. The Kier molecular flexibility index (Phi) is 4.14. The fourth-order valence-electron chi connectivity index (χ4n) is 4.42. The number of hydrogen-bond acceptors (Lipinski definition) is 4. The van der Waals surface area contributed by atoms with Crippen LogP contribution in [0.4, 0.5) is 5.69 Å². The standard InChI is InChI=1S/C22H26N2O3S/c1-21(2)19-8-6-7-9-20(19)24(5)22(21)14-17(15-27-22)16-10-12-18(13-11-16)28(25,26)23(3)4/h6-13,15H,14H2,1-5H3/t22-/m0/s1. The molecule has 0 aromatic heterocycles. The van der Waals surface area contributed by atoms with Gasteiger partial charge in [-0.25, -0.2) is 12.7 Å². The second-order valence-electron chi connectivity index (χ2n) is 8.24. The van der Waals surface area contributed by atoms with Gasteiger partial charge in [-0.1, -0.05) is 30.3 Å². The number of fused-ring (bicyclic) bond motifs is 1. The summed E-state index contributed by atoms with van der Waals surface area (Å²) in [4.78, 5) is 2.53. The van der Waals surface area contributed by atoms with Gasteiger partial charge in [-0.2, -0.15) is 0 Å². The predicted molar refractivity (Wildman–Crippen MR) is 112 cm³/mol. The number of hydrogen-bond donors (Lipinski definition) is 0. The third-order valence-electron chi connectivity index (χ3n) is 6.29.